The number of rotatable bonds is 2. The Labute approximate surface area is 140 Å². The zero-order chi connectivity index (χ0) is 16.7. The average molecular weight is 327 g/mol. The van der Waals surface area contributed by atoms with Gasteiger partial charge in [0.15, 0.2) is 5.58 Å². The highest BCUT2D eigenvalue weighted by Crippen LogP contribution is 2.26. The van der Waals surface area contributed by atoms with Crippen molar-refractivity contribution in [3.8, 4) is 0 Å². The number of hydrazone groups is 1. The maximum absolute atomic E-state index is 11.4. The lowest BCUT2D eigenvalue weighted by Gasteiger charge is -2.31. The van der Waals surface area contributed by atoms with Crippen molar-refractivity contribution >= 4 is 28.7 Å². The molecule has 3 heterocycles. The fourth-order valence-corrected chi connectivity index (χ4v) is 3.21. The molecule has 1 amide bonds. The average Bonchev–Trinajstić information content (AvgIpc) is 2.98. The van der Waals surface area contributed by atoms with Crippen LogP contribution in [0.5, 0.6) is 0 Å². The molecule has 24 heavy (non-hydrogen) atoms. The monoisotopic (exact) mass is 327 g/mol. The van der Waals surface area contributed by atoms with Gasteiger partial charge in [-0.15, -0.1) is 0 Å². The van der Waals surface area contributed by atoms with Crippen LogP contribution in [0.15, 0.2) is 27.7 Å². The Morgan fingerprint density at radius 1 is 1.25 bits per heavy atom. The molecule has 2 aliphatic rings. The van der Waals surface area contributed by atoms with Crippen molar-refractivity contribution in [2.75, 3.05) is 38.1 Å². The summed E-state index contributed by atoms with van der Waals surface area (Å²) in [5.41, 5.74) is 6.02. The van der Waals surface area contributed by atoms with Gasteiger partial charge in [0.05, 0.1) is 5.71 Å². The minimum atomic E-state index is -0.0376. The van der Waals surface area contributed by atoms with E-state index in [0.717, 1.165) is 48.6 Å². The fraction of sp³-hybridized carbons (Fsp3) is 0.471. The minimum Gasteiger partial charge on any atom is -0.423 e. The standard InChI is InChI=1S/C17H21N5O2/c1-11-9-15(23)19-20-16(11)12-3-4-13-14(10-12)24-17(18-13)22-7-5-21(2)6-8-22/h3-4,10-11H,5-9H2,1-2H3,(H,19,23). The first kappa shape index (κ1) is 15.1. The Balaban J connectivity index is 1.63. The lowest BCUT2D eigenvalue weighted by molar-refractivity contribution is -0.121. The predicted octanol–water partition coefficient (Wildman–Crippen LogP) is 1.44. The van der Waals surface area contributed by atoms with Crippen molar-refractivity contribution in [1.82, 2.24) is 15.3 Å². The van der Waals surface area contributed by atoms with Crippen LogP contribution in [0.1, 0.15) is 18.9 Å². The molecule has 1 atom stereocenters. The third-order valence-corrected chi connectivity index (χ3v) is 4.71. The lowest BCUT2D eigenvalue weighted by Crippen LogP contribution is -2.44. The van der Waals surface area contributed by atoms with Crippen LogP contribution in [0.3, 0.4) is 0 Å². The Morgan fingerprint density at radius 3 is 2.79 bits per heavy atom. The van der Waals surface area contributed by atoms with Crippen LogP contribution in [0, 0.1) is 5.92 Å². The van der Waals surface area contributed by atoms with E-state index in [4.69, 9.17) is 4.42 Å². The van der Waals surface area contributed by atoms with Crippen LogP contribution in [-0.4, -0.2) is 54.7 Å². The number of fused-ring (bicyclic) bond motifs is 1. The number of carbonyl (C=O) groups is 1. The van der Waals surface area contributed by atoms with E-state index in [-0.39, 0.29) is 11.8 Å². The molecule has 0 aliphatic carbocycles. The molecule has 0 radical (unpaired) electrons. The van der Waals surface area contributed by atoms with Crippen LogP contribution >= 0.6 is 0 Å². The molecule has 1 N–H and O–H groups in total. The lowest BCUT2D eigenvalue weighted by atomic mass is 9.94. The highest BCUT2D eigenvalue weighted by Gasteiger charge is 2.23. The highest BCUT2D eigenvalue weighted by atomic mass is 16.4. The van der Waals surface area contributed by atoms with Gasteiger partial charge in [-0.25, -0.2) is 5.43 Å². The topological polar surface area (TPSA) is 74.0 Å². The molecular formula is C17H21N5O2. The Morgan fingerprint density at radius 2 is 2.04 bits per heavy atom. The van der Waals surface area contributed by atoms with Crippen LogP contribution in [0.2, 0.25) is 0 Å². The molecule has 1 aromatic carbocycles. The van der Waals surface area contributed by atoms with Crippen LogP contribution in [0.4, 0.5) is 6.01 Å². The number of likely N-dealkylation sites (N-methyl/N-ethyl adjacent to an activating group) is 1. The SMILES string of the molecule is CC1CC(=O)NN=C1c1ccc2nc(N3CCN(C)CC3)oc2c1. The molecule has 1 saturated heterocycles. The molecule has 0 bridgehead atoms. The van der Waals surface area contributed by atoms with E-state index in [1.54, 1.807) is 0 Å². The number of nitrogens with one attached hydrogen (secondary N) is 1. The van der Waals surface area contributed by atoms with Gasteiger partial charge >= 0.3 is 0 Å². The van der Waals surface area contributed by atoms with Crippen molar-refractivity contribution in [3.63, 3.8) is 0 Å². The van der Waals surface area contributed by atoms with Crippen molar-refractivity contribution in [2.24, 2.45) is 11.0 Å². The molecular weight excluding hydrogens is 306 g/mol. The second-order valence-electron chi connectivity index (χ2n) is 6.61. The van der Waals surface area contributed by atoms with Gasteiger partial charge in [-0.2, -0.15) is 10.1 Å². The van der Waals surface area contributed by atoms with Crippen LogP contribution in [-0.2, 0) is 4.79 Å². The number of aromatic nitrogens is 1. The van der Waals surface area contributed by atoms with Crippen LogP contribution in [0.25, 0.3) is 11.1 Å². The van der Waals surface area contributed by atoms with Gasteiger partial charge < -0.3 is 14.2 Å². The molecule has 7 nitrogen and oxygen atoms in total. The molecule has 4 rings (SSSR count). The van der Waals surface area contributed by atoms with Gasteiger partial charge in [0.1, 0.15) is 5.52 Å². The maximum atomic E-state index is 11.4. The van der Waals surface area contributed by atoms with Gasteiger partial charge in [0.25, 0.3) is 6.01 Å². The predicted molar refractivity (Wildman–Crippen MR) is 92.2 cm³/mol. The zero-order valence-electron chi connectivity index (χ0n) is 14.0. The summed E-state index contributed by atoms with van der Waals surface area (Å²) in [7, 11) is 2.13. The van der Waals surface area contributed by atoms with Crippen molar-refractivity contribution < 1.29 is 9.21 Å². The van der Waals surface area contributed by atoms with E-state index in [2.05, 4.69) is 32.4 Å². The first-order valence-corrected chi connectivity index (χ1v) is 8.31. The molecule has 1 unspecified atom stereocenters. The number of benzene rings is 1. The quantitative estimate of drug-likeness (QED) is 0.903. The molecule has 0 spiro atoms. The second kappa shape index (κ2) is 5.90. The summed E-state index contributed by atoms with van der Waals surface area (Å²) in [6.45, 7) is 5.88. The number of oxazole rings is 1. The molecule has 1 aromatic heterocycles. The first-order valence-electron chi connectivity index (χ1n) is 8.31. The van der Waals surface area contributed by atoms with Gasteiger partial charge in [-0.3, -0.25) is 4.79 Å². The summed E-state index contributed by atoms with van der Waals surface area (Å²) in [5, 5.41) is 4.21. The summed E-state index contributed by atoms with van der Waals surface area (Å²) < 4.78 is 5.98. The number of carbonyl (C=O) groups excluding carboxylic acids is 1. The van der Waals surface area contributed by atoms with E-state index in [0.29, 0.717) is 12.4 Å². The summed E-state index contributed by atoms with van der Waals surface area (Å²) >= 11 is 0. The van der Waals surface area contributed by atoms with Gasteiger partial charge in [-0.05, 0) is 19.2 Å². The van der Waals surface area contributed by atoms with E-state index in [1.165, 1.54) is 0 Å². The van der Waals surface area contributed by atoms with Crippen molar-refractivity contribution in [3.05, 3.63) is 23.8 Å². The molecule has 0 saturated carbocycles. The third kappa shape index (κ3) is 2.75. The maximum Gasteiger partial charge on any atom is 0.298 e. The summed E-state index contributed by atoms with van der Waals surface area (Å²) in [5.74, 6) is 0.0561. The molecule has 2 aliphatic heterocycles. The number of anilines is 1. The third-order valence-electron chi connectivity index (χ3n) is 4.71. The Bertz CT molecular complexity index is 804. The molecule has 1 fully saturated rings. The Hall–Kier alpha value is -2.41. The summed E-state index contributed by atoms with van der Waals surface area (Å²) in [6, 6.07) is 6.60. The van der Waals surface area contributed by atoms with Gasteiger partial charge in [-0.1, -0.05) is 13.0 Å². The highest BCUT2D eigenvalue weighted by molar-refractivity contribution is 6.07. The van der Waals surface area contributed by atoms with E-state index >= 15 is 0 Å². The fourth-order valence-electron chi connectivity index (χ4n) is 3.21. The van der Waals surface area contributed by atoms with Gasteiger partial charge in [0, 0.05) is 44.1 Å². The van der Waals surface area contributed by atoms with E-state index < -0.39 is 0 Å². The normalized spacial score (nSPS) is 22.6. The molecule has 7 heteroatoms. The van der Waals surface area contributed by atoms with E-state index in [1.807, 2.05) is 25.1 Å². The van der Waals surface area contributed by atoms with E-state index in [9.17, 15) is 4.79 Å². The number of nitrogens with zero attached hydrogens (tertiary/aromatic N) is 4. The second-order valence-corrected chi connectivity index (χ2v) is 6.61. The van der Waals surface area contributed by atoms with Crippen molar-refractivity contribution in [2.45, 2.75) is 13.3 Å². The molecule has 2 aromatic rings. The summed E-state index contributed by atoms with van der Waals surface area (Å²) in [4.78, 5) is 20.5. The Kier molecular flexibility index (Phi) is 3.72. The number of hydrogen-bond donors (Lipinski definition) is 1. The minimum absolute atomic E-state index is 0.0376. The molecule has 126 valence electrons. The van der Waals surface area contributed by atoms with Gasteiger partial charge in [0.2, 0.25) is 5.91 Å². The largest absolute Gasteiger partial charge is 0.423 e. The van der Waals surface area contributed by atoms with Crippen molar-refractivity contribution in [1.29, 1.82) is 0 Å². The number of hydrogen-bond acceptors (Lipinski definition) is 6. The smallest absolute Gasteiger partial charge is 0.298 e. The van der Waals surface area contributed by atoms with Crippen LogP contribution < -0.4 is 10.3 Å². The summed E-state index contributed by atoms with van der Waals surface area (Å²) in [6.07, 6.45) is 0.458. The first-order chi connectivity index (χ1) is 11.6. The zero-order valence-corrected chi connectivity index (χ0v) is 14.0. The number of amides is 1. The number of piperazine rings is 1.